The van der Waals surface area contributed by atoms with E-state index in [0.29, 0.717) is 6.54 Å². The second kappa shape index (κ2) is 5.96. The molecule has 0 unspecified atom stereocenters. The van der Waals surface area contributed by atoms with Crippen molar-refractivity contribution in [1.82, 2.24) is 5.32 Å². The van der Waals surface area contributed by atoms with E-state index in [0.717, 1.165) is 12.8 Å². The van der Waals surface area contributed by atoms with E-state index in [1.807, 2.05) is 0 Å². The SMILES string of the molecule is CC#CCCCNC(=O)O. The normalized spacial score (nSPS) is 7.70. The van der Waals surface area contributed by atoms with Crippen molar-refractivity contribution >= 4 is 6.09 Å². The fraction of sp³-hybridized carbons (Fsp3) is 0.571. The van der Waals surface area contributed by atoms with Crippen LogP contribution in [0.25, 0.3) is 0 Å². The van der Waals surface area contributed by atoms with Crippen molar-refractivity contribution < 1.29 is 9.90 Å². The predicted octanol–water partition coefficient (Wildman–Crippen LogP) is 1.06. The second-order valence-electron chi connectivity index (χ2n) is 1.76. The van der Waals surface area contributed by atoms with Crippen molar-refractivity contribution in [3.05, 3.63) is 0 Å². The molecular formula is C7H11NO2. The highest BCUT2D eigenvalue weighted by Gasteiger charge is 1.89. The van der Waals surface area contributed by atoms with E-state index in [9.17, 15) is 4.79 Å². The summed E-state index contributed by atoms with van der Waals surface area (Å²) < 4.78 is 0. The Morgan fingerprint density at radius 2 is 2.40 bits per heavy atom. The molecule has 0 aromatic heterocycles. The van der Waals surface area contributed by atoms with Gasteiger partial charge in [-0.2, -0.15) is 0 Å². The van der Waals surface area contributed by atoms with Gasteiger partial charge in [-0.05, 0) is 13.3 Å². The highest BCUT2D eigenvalue weighted by Crippen LogP contribution is 1.82. The molecule has 0 aromatic rings. The lowest BCUT2D eigenvalue weighted by atomic mass is 10.3. The van der Waals surface area contributed by atoms with Gasteiger partial charge in [0.2, 0.25) is 0 Å². The lowest BCUT2D eigenvalue weighted by Gasteiger charge is -1.94. The summed E-state index contributed by atoms with van der Waals surface area (Å²) in [5.74, 6) is 5.57. The summed E-state index contributed by atoms with van der Waals surface area (Å²) >= 11 is 0. The molecule has 56 valence electrons. The predicted molar refractivity (Wildman–Crippen MR) is 38.7 cm³/mol. The maximum atomic E-state index is 9.88. The van der Waals surface area contributed by atoms with Crippen molar-refractivity contribution in [3.63, 3.8) is 0 Å². The molecule has 0 heterocycles. The Hall–Kier alpha value is -1.17. The van der Waals surface area contributed by atoms with Gasteiger partial charge in [0.25, 0.3) is 0 Å². The third kappa shape index (κ3) is 6.83. The lowest BCUT2D eigenvalue weighted by Crippen LogP contribution is -2.21. The van der Waals surface area contributed by atoms with Gasteiger partial charge in [-0.3, -0.25) is 0 Å². The van der Waals surface area contributed by atoms with Crippen LogP contribution in [0.5, 0.6) is 0 Å². The maximum absolute atomic E-state index is 9.88. The minimum absolute atomic E-state index is 0.490. The van der Waals surface area contributed by atoms with Crippen LogP contribution in [0.1, 0.15) is 19.8 Å². The first-order chi connectivity index (χ1) is 4.77. The summed E-state index contributed by atoms with van der Waals surface area (Å²) in [5, 5.41) is 10.4. The van der Waals surface area contributed by atoms with Crippen LogP contribution in [0, 0.1) is 11.8 Å². The van der Waals surface area contributed by atoms with Crippen LogP contribution in [-0.4, -0.2) is 17.7 Å². The van der Waals surface area contributed by atoms with E-state index in [1.165, 1.54) is 0 Å². The Bertz CT molecular complexity index is 155. The molecule has 0 spiro atoms. The summed E-state index contributed by atoms with van der Waals surface area (Å²) in [6.45, 7) is 2.26. The quantitative estimate of drug-likeness (QED) is 0.456. The van der Waals surface area contributed by atoms with Crippen LogP contribution in [0.2, 0.25) is 0 Å². The van der Waals surface area contributed by atoms with Gasteiger partial charge in [-0.1, -0.05) is 0 Å². The lowest BCUT2D eigenvalue weighted by molar-refractivity contribution is 0.194. The van der Waals surface area contributed by atoms with E-state index in [4.69, 9.17) is 5.11 Å². The Morgan fingerprint density at radius 3 is 2.90 bits per heavy atom. The highest BCUT2D eigenvalue weighted by molar-refractivity contribution is 5.64. The first-order valence-corrected chi connectivity index (χ1v) is 3.13. The van der Waals surface area contributed by atoms with Crippen LogP contribution < -0.4 is 5.32 Å². The van der Waals surface area contributed by atoms with Gasteiger partial charge in [0.15, 0.2) is 0 Å². The number of hydrogen-bond acceptors (Lipinski definition) is 1. The number of hydrogen-bond donors (Lipinski definition) is 2. The zero-order valence-corrected chi connectivity index (χ0v) is 5.98. The van der Waals surface area contributed by atoms with Gasteiger partial charge in [0.1, 0.15) is 0 Å². The third-order valence-corrected chi connectivity index (χ3v) is 0.932. The smallest absolute Gasteiger partial charge is 0.404 e. The second-order valence-corrected chi connectivity index (χ2v) is 1.76. The van der Waals surface area contributed by atoms with Gasteiger partial charge in [-0.25, -0.2) is 4.79 Å². The highest BCUT2D eigenvalue weighted by atomic mass is 16.4. The van der Waals surface area contributed by atoms with Crippen LogP contribution >= 0.6 is 0 Å². The van der Waals surface area contributed by atoms with E-state index in [-0.39, 0.29) is 0 Å². The maximum Gasteiger partial charge on any atom is 0.404 e. The van der Waals surface area contributed by atoms with E-state index in [2.05, 4.69) is 17.2 Å². The summed E-state index contributed by atoms with van der Waals surface area (Å²) in [7, 11) is 0. The Kier molecular flexibility index (Phi) is 5.26. The minimum atomic E-state index is -0.968. The average Bonchev–Trinajstić information content (AvgIpc) is 1.87. The summed E-state index contributed by atoms with van der Waals surface area (Å²) in [6, 6.07) is 0. The van der Waals surface area contributed by atoms with Crippen molar-refractivity contribution in [2.24, 2.45) is 0 Å². The number of carbonyl (C=O) groups is 1. The third-order valence-electron chi connectivity index (χ3n) is 0.932. The zero-order valence-electron chi connectivity index (χ0n) is 5.98. The number of rotatable bonds is 3. The van der Waals surface area contributed by atoms with E-state index < -0.39 is 6.09 Å². The molecule has 3 nitrogen and oxygen atoms in total. The molecule has 0 aliphatic heterocycles. The number of unbranched alkanes of at least 4 members (excludes halogenated alkanes) is 1. The van der Waals surface area contributed by atoms with E-state index in [1.54, 1.807) is 6.92 Å². The van der Waals surface area contributed by atoms with Crippen molar-refractivity contribution in [2.75, 3.05) is 6.54 Å². The molecule has 10 heavy (non-hydrogen) atoms. The van der Waals surface area contributed by atoms with Gasteiger partial charge >= 0.3 is 6.09 Å². The largest absolute Gasteiger partial charge is 0.465 e. The van der Waals surface area contributed by atoms with Crippen molar-refractivity contribution in [1.29, 1.82) is 0 Å². The van der Waals surface area contributed by atoms with E-state index >= 15 is 0 Å². The molecule has 0 aromatic carbocycles. The number of amides is 1. The molecule has 0 atom stereocenters. The molecule has 0 saturated heterocycles. The number of nitrogens with one attached hydrogen (secondary N) is 1. The van der Waals surface area contributed by atoms with Gasteiger partial charge in [0.05, 0.1) is 0 Å². The molecule has 0 rings (SSSR count). The molecular weight excluding hydrogens is 130 g/mol. The number of carboxylic acid groups (broad SMARTS) is 1. The fourth-order valence-electron chi connectivity index (χ4n) is 0.497. The first kappa shape index (κ1) is 8.83. The Morgan fingerprint density at radius 1 is 1.70 bits per heavy atom. The summed E-state index contributed by atoms with van der Waals surface area (Å²) in [5.41, 5.74) is 0. The average molecular weight is 141 g/mol. The zero-order chi connectivity index (χ0) is 7.82. The monoisotopic (exact) mass is 141 g/mol. The van der Waals surface area contributed by atoms with Crippen LogP contribution in [0.3, 0.4) is 0 Å². The standard InChI is InChI=1S/C7H11NO2/c1-2-3-4-5-6-8-7(9)10/h8H,4-6H2,1H3,(H,9,10). The molecule has 1 amide bonds. The summed E-state index contributed by atoms with van der Waals surface area (Å²) in [4.78, 5) is 9.88. The molecule has 3 heteroatoms. The fourth-order valence-corrected chi connectivity index (χ4v) is 0.497. The minimum Gasteiger partial charge on any atom is -0.465 e. The molecule has 0 radical (unpaired) electrons. The van der Waals surface area contributed by atoms with Gasteiger partial charge in [-0.15, -0.1) is 11.8 Å². The van der Waals surface area contributed by atoms with Crippen LogP contribution in [0.15, 0.2) is 0 Å². The Labute approximate surface area is 60.4 Å². The van der Waals surface area contributed by atoms with Gasteiger partial charge < -0.3 is 10.4 Å². The topological polar surface area (TPSA) is 49.3 Å². The van der Waals surface area contributed by atoms with Gasteiger partial charge in [0, 0.05) is 13.0 Å². The first-order valence-electron chi connectivity index (χ1n) is 3.13. The van der Waals surface area contributed by atoms with Crippen molar-refractivity contribution in [3.8, 4) is 11.8 Å². The molecule has 0 fully saturated rings. The van der Waals surface area contributed by atoms with Crippen LogP contribution in [-0.2, 0) is 0 Å². The molecule has 0 aliphatic carbocycles. The Balaban J connectivity index is 3.03. The molecule has 0 bridgehead atoms. The van der Waals surface area contributed by atoms with Crippen LogP contribution in [0.4, 0.5) is 4.79 Å². The van der Waals surface area contributed by atoms with Crippen molar-refractivity contribution in [2.45, 2.75) is 19.8 Å². The molecule has 0 saturated carbocycles. The summed E-state index contributed by atoms with van der Waals surface area (Å²) in [6.07, 6.45) is 0.577. The molecule has 0 aliphatic rings. The molecule has 2 N–H and O–H groups in total.